The van der Waals surface area contributed by atoms with Crippen LogP contribution < -0.4 is 5.32 Å². The van der Waals surface area contributed by atoms with Crippen molar-refractivity contribution in [3.05, 3.63) is 63.6 Å². The number of nitrogens with one attached hydrogen (secondary N) is 1. The maximum Gasteiger partial charge on any atom is 0.255 e. The number of amides is 1. The van der Waals surface area contributed by atoms with Gasteiger partial charge in [0.15, 0.2) is 0 Å². The largest absolute Gasteiger partial charge is 0.321 e. The zero-order valence-corrected chi connectivity index (χ0v) is 11.9. The predicted molar refractivity (Wildman–Crippen MR) is 78.0 cm³/mol. The zero-order chi connectivity index (χ0) is 13.8. The average molecular weight is 315 g/mol. The quantitative estimate of drug-likeness (QED) is 0.914. The van der Waals surface area contributed by atoms with Crippen molar-refractivity contribution in [2.24, 2.45) is 0 Å². The van der Waals surface area contributed by atoms with Crippen molar-refractivity contribution in [2.45, 2.75) is 6.92 Å². The molecule has 94 valence electrons. The molecule has 1 N–H and O–H groups in total. The maximum absolute atomic E-state index is 12.1. The molecule has 0 aliphatic carbocycles. The van der Waals surface area contributed by atoms with Gasteiger partial charge in [-0.25, -0.2) is 0 Å². The van der Waals surface area contributed by atoms with Gasteiger partial charge in [0, 0.05) is 10.0 Å². The Hall–Kier alpha value is -2.12. The van der Waals surface area contributed by atoms with Crippen LogP contribution in [0.2, 0.25) is 0 Å². The Bertz CT molecular complexity index is 674. The molecule has 19 heavy (non-hydrogen) atoms. The van der Waals surface area contributed by atoms with E-state index in [-0.39, 0.29) is 5.91 Å². The van der Waals surface area contributed by atoms with Gasteiger partial charge in [0.2, 0.25) is 0 Å². The van der Waals surface area contributed by atoms with E-state index < -0.39 is 0 Å². The monoisotopic (exact) mass is 314 g/mol. The molecule has 0 saturated heterocycles. The molecule has 0 fully saturated rings. The fourth-order valence-corrected chi connectivity index (χ4v) is 2.06. The Morgan fingerprint density at radius 2 is 2.05 bits per heavy atom. The molecule has 0 radical (unpaired) electrons. The Balaban J connectivity index is 2.29. The molecule has 0 unspecified atom stereocenters. The molecule has 2 aromatic rings. The average Bonchev–Trinajstić information content (AvgIpc) is 2.39. The maximum atomic E-state index is 12.1. The smallest absolute Gasteiger partial charge is 0.255 e. The fourth-order valence-electron chi connectivity index (χ4n) is 1.70. The number of halogens is 1. The molecule has 1 amide bonds. The first-order chi connectivity index (χ1) is 9.10. The number of nitriles is 1. The number of rotatable bonds is 2. The third-order valence-electron chi connectivity index (χ3n) is 2.63. The van der Waals surface area contributed by atoms with Gasteiger partial charge in [-0.2, -0.15) is 5.26 Å². The third-order valence-corrected chi connectivity index (χ3v) is 3.12. The summed E-state index contributed by atoms with van der Waals surface area (Å²) in [6, 6.07) is 14.5. The van der Waals surface area contributed by atoms with E-state index in [0.29, 0.717) is 16.8 Å². The minimum absolute atomic E-state index is 0.224. The number of hydrogen-bond acceptors (Lipinski definition) is 2. The lowest BCUT2D eigenvalue weighted by Crippen LogP contribution is -2.13. The van der Waals surface area contributed by atoms with Crippen LogP contribution in [-0.4, -0.2) is 5.91 Å². The number of nitrogens with zero attached hydrogens (tertiary/aromatic N) is 1. The lowest BCUT2D eigenvalue weighted by atomic mass is 10.1. The lowest BCUT2D eigenvalue weighted by molar-refractivity contribution is 0.102. The first kappa shape index (κ1) is 13.3. The molecule has 0 aromatic heterocycles. The highest BCUT2D eigenvalue weighted by Gasteiger charge is 2.09. The topological polar surface area (TPSA) is 52.9 Å². The van der Waals surface area contributed by atoms with Crippen LogP contribution in [0.25, 0.3) is 0 Å². The van der Waals surface area contributed by atoms with Crippen molar-refractivity contribution in [3.8, 4) is 6.07 Å². The van der Waals surface area contributed by atoms with Crippen molar-refractivity contribution < 1.29 is 4.79 Å². The first-order valence-electron chi connectivity index (χ1n) is 5.68. The van der Waals surface area contributed by atoms with E-state index in [0.717, 1.165) is 10.0 Å². The minimum Gasteiger partial charge on any atom is -0.321 e. The van der Waals surface area contributed by atoms with Gasteiger partial charge in [-0.1, -0.05) is 33.6 Å². The molecule has 0 aliphatic rings. The van der Waals surface area contributed by atoms with E-state index >= 15 is 0 Å². The number of benzene rings is 2. The Morgan fingerprint density at radius 1 is 1.26 bits per heavy atom. The highest BCUT2D eigenvalue weighted by molar-refractivity contribution is 9.10. The number of hydrogen-bond donors (Lipinski definition) is 1. The molecule has 0 spiro atoms. The van der Waals surface area contributed by atoms with Crippen LogP contribution in [0.3, 0.4) is 0 Å². The minimum atomic E-state index is -0.224. The third kappa shape index (κ3) is 3.21. The normalized spacial score (nSPS) is 9.74. The van der Waals surface area contributed by atoms with Crippen LogP contribution in [0.1, 0.15) is 21.5 Å². The number of anilines is 1. The summed E-state index contributed by atoms with van der Waals surface area (Å²) in [6.07, 6.45) is 0. The number of carbonyl (C=O) groups is 1. The summed E-state index contributed by atoms with van der Waals surface area (Å²) in [5, 5.41) is 11.8. The molecule has 0 aliphatic heterocycles. The second-order valence-electron chi connectivity index (χ2n) is 4.13. The van der Waals surface area contributed by atoms with Crippen LogP contribution in [0.5, 0.6) is 0 Å². The molecule has 0 saturated carbocycles. The van der Waals surface area contributed by atoms with Gasteiger partial charge < -0.3 is 5.32 Å². The lowest BCUT2D eigenvalue weighted by Gasteiger charge is -2.08. The summed E-state index contributed by atoms with van der Waals surface area (Å²) in [6.45, 7) is 1.93. The molecule has 2 rings (SSSR count). The van der Waals surface area contributed by atoms with Crippen LogP contribution in [0, 0.1) is 18.3 Å². The summed E-state index contributed by atoms with van der Waals surface area (Å²) in [7, 11) is 0. The summed E-state index contributed by atoms with van der Waals surface area (Å²) >= 11 is 3.32. The molecular formula is C15H11BrN2O. The van der Waals surface area contributed by atoms with Crippen LogP contribution in [0.4, 0.5) is 5.69 Å². The summed E-state index contributed by atoms with van der Waals surface area (Å²) in [5.74, 6) is -0.224. The van der Waals surface area contributed by atoms with Gasteiger partial charge in [-0.15, -0.1) is 0 Å². The Labute approximate surface area is 120 Å². The van der Waals surface area contributed by atoms with Crippen LogP contribution in [-0.2, 0) is 0 Å². The highest BCUT2D eigenvalue weighted by Crippen LogP contribution is 2.21. The van der Waals surface area contributed by atoms with Crippen molar-refractivity contribution >= 4 is 27.5 Å². The molecule has 4 heteroatoms. The second-order valence-corrected chi connectivity index (χ2v) is 5.04. The molecule has 0 atom stereocenters. The van der Waals surface area contributed by atoms with Crippen molar-refractivity contribution in [1.82, 2.24) is 0 Å². The van der Waals surface area contributed by atoms with E-state index in [1.54, 1.807) is 30.3 Å². The van der Waals surface area contributed by atoms with Crippen LogP contribution in [0.15, 0.2) is 46.9 Å². The van der Waals surface area contributed by atoms with E-state index in [9.17, 15) is 4.79 Å². The van der Waals surface area contributed by atoms with Gasteiger partial charge in [0.25, 0.3) is 5.91 Å². The van der Waals surface area contributed by atoms with Gasteiger partial charge in [-0.3, -0.25) is 4.79 Å². The number of carbonyl (C=O) groups excluding carboxylic acids is 1. The van der Waals surface area contributed by atoms with E-state index in [1.165, 1.54) is 0 Å². The molecule has 3 nitrogen and oxygen atoms in total. The fraction of sp³-hybridized carbons (Fsp3) is 0.0667. The van der Waals surface area contributed by atoms with Crippen molar-refractivity contribution in [1.29, 1.82) is 5.26 Å². The predicted octanol–water partition coefficient (Wildman–Crippen LogP) is 3.88. The number of aryl methyl sites for hydroxylation is 1. The van der Waals surface area contributed by atoms with Crippen molar-refractivity contribution in [3.63, 3.8) is 0 Å². The van der Waals surface area contributed by atoms with Crippen LogP contribution >= 0.6 is 15.9 Å². The van der Waals surface area contributed by atoms with Gasteiger partial charge in [0.1, 0.15) is 6.07 Å². The SMILES string of the molecule is Cc1cccc(C(=O)Nc2cc(Br)ccc2C#N)c1. The van der Waals surface area contributed by atoms with Gasteiger partial charge >= 0.3 is 0 Å². The van der Waals surface area contributed by atoms with E-state index in [1.807, 2.05) is 19.1 Å². The van der Waals surface area contributed by atoms with E-state index in [4.69, 9.17) is 5.26 Å². The molecule has 0 heterocycles. The summed E-state index contributed by atoms with van der Waals surface area (Å²) in [5.41, 5.74) is 2.53. The zero-order valence-electron chi connectivity index (χ0n) is 10.3. The van der Waals surface area contributed by atoms with E-state index in [2.05, 4.69) is 27.3 Å². The summed E-state index contributed by atoms with van der Waals surface area (Å²) in [4.78, 5) is 12.1. The van der Waals surface area contributed by atoms with Crippen molar-refractivity contribution in [2.75, 3.05) is 5.32 Å². The molecule has 0 bridgehead atoms. The summed E-state index contributed by atoms with van der Waals surface area (Å²) < 4.78 is 0.811. The van der Waals surface area contributed by atoms with Gasteiger partial charge in [-0.05, 0) is 37.3 Å². The Kier molecular flexibility index (Phi) is 3.98. The standard InChI is InChI=1S/C15H11BrN2O/c1-10-3-2-4-11(7-10)15(19)18-14-8-13(16)6-5-12(14)9-17/h2-8H,1H3,(H,18,19). The first-order valence-corrected chi connectivity index (χ1v) is 6.47. The highest BCUT2D eigenvalue weighted by atomic mass is 79.9. The molecular weight excluding hydrogens is 304 g/mol. The molecule has 2 aromatic carbocycles. The second kappa shape index (κ2) is 5.68. The Morgan fingerprint density at radius 3 is 2.74 bits per heavy atom. The van der Waals surface area contributed by atoms with Gasteiger partial charge in [0.05, 0.1) is 11.3 Å².